The van der Waals surface area contributed by atoms with E-state index in [0.29, 0.717) is 10.8 Å². The summed E-state index contributed by atoms with van der Waals surface area (Å²) in [5.74, 6) is -0.845. The third-order valence-corrected chi connectivity index (χ3v) is 4.54. The van der Waals surface area contributed by atoms with Gasteiger partial charge in [-0.15, -0.1) is 11.8 Å². The molecule has 0 N–H and O–H groups in total. The summed E-state index contributed by atoms with van der Waals surface area (Å²) < 4.78 is 25.8. The van der Waals surface area contributed by atoms with Crippen LogP contribution in [0.4, 0.5) is 8.78 Å². The number of hydrogen-bond acceptors (Lipinski definition) is 2. The van der Waals surface area contributed by atoms with Gasteiger partial charge in [-0.05, 0) is 43.9 Å². The second-order valence-corrected chi connectivity index (χ2v) is 6.00. The van der Waals surface area contributed by atoms with E-state index < -0.39 is 11.6 Å². The van der Waals surface area contributed by atoms with Crippen LogP contribution >= 0.6 is 11.8 Å². The lowest BCUT2D eigenvalue weighted by molar-refractivity contribution is -0.129. The maximum absolute atomic E-state index is 13.0. The molecular formula is C14H17F2NOS. The van der Waals surface area contributed by atoms with Gasteiger partial charge in [-0.3, -0.25) is 4.79 Å². The van der Waals surface area contributed by atoms with Crippen LogP contribution in [0.5, 0.6) is 0 Å². The van der Waals surface area contributed by atoms with Crippen molar-refractivity contribution in [3.05, 3.63) is 29.8 Å². The van der Waals surface area contributed by atoms with Gasteiger partial charge in [0.1, 0.15) is 0 Å². The third-order valence-electron chi connectivity index (χ3n) is 3.56. The number of benzene rings is 1. The summed E-state index contributed by atoms with van der Waals surface area (Å²) in [6, 6.07) is 3.95. The number of rotatable bonds is 5. The average molecular weight is 285 g/mol. The summed E-state index contributed by atoms with van der Waals surface area (Å²) >= 11 is 1.23. The monoisotopic (exact) mass is 285 g/mol. The van der Waals surface area contributed by atoms with Crippen LogP contribution in [-0.4, -0.2) is 29.6 Å². The van der Waals surface area contributed by atoms with Crippen molar-refractivity contribution in [2.45, 2.75) is 30.7 Å². The van der Waals surface area contributed by atoms with E-state index in [-0.39, 0.29) is 17.7 Å². The highest BCUT2D eigenvalue weighted by molar-refractivity contribution is 8.00. The Kier molecular flexibility index (Phi) is 4.45. The number of carbonyl (C=O) groups excluding carboxylic acids is 1. The van der Waals surface area contributed by atoms with Crippen molar-refractivity contribution in [3.63, 3.8) is 0 Å². The van der Waals surface area contributed by atoms with E-state index in [4.69, 9.17) is 0 Å². The molecular weight excluding hydrogens is 268 g/mol. The molecule has 5 heteroatoms. The number of carbonyl (C=O) groups is 1. The van der Waals surface area contributed by atoms with Crippen LogP contribution in [0.2, 0.25) is 0 Å². The fraction of sp³-hybridized carbons (Fsp3) is 0.500. The van der Waals surface area contributed by atoms with Gasteiger partial charge in [0.25, 0.3) is 0 Å². The Labute approximate surface area is 116 Å². The first kappa shape index (κ1) is 14.3. The van der Waals surface area contributed by atoms with E-state index in [0.717, 1.165) is 12.1 Å². The molecule has 1 amide bonds. The van der Waals surface area contributed by atoms with E-state index in [1.54, 1.807) is 11.9 Å². The highest BCUT2D eigenvalue weighted by Gasteiger charge is 2.32. The van der Waals surface area contributed by atoms with Gasteiger partial charge in [0.05, 0.1) is 5.75 Å². The topological polar surface area (TPSA) is 20.3 Å². The highest BCUT2D eigenvalue weighted by atomic mass is 32.2. The van der Waals surface area contributed by atoms with Crippen molar-refractivity contribution in [2.75, 3.05) is 12.8 Å². The fourth-order valence-corrected chi connectivity index (χ4v) is 2.78. The zero-order valence-electron chi connectivity index (χ0n) is 11.0. The SMILES string of the molecule is CC(C1CC1)N(C)C(=O)CSc1ccc(F)c(F)c1. The molecule has 1 saturated carbocycles. The Hall–Kier alpha value is -1.10. The van der Waals surface area contributed by atoms with Gasteiger partial charge >= 0.3 is 0 Å². The molecule has 1 aliphatic carbocycles. The zero-order valence-corrected chi connectivity index (χ0v) is 11.8. The van der Waals surface area contributed by atoms with Crippen LogP contribution in [0, 0.1) is 17.6 Å². The molecule has 104 valence electrons. The molecule has 0 aliphatic heterocycles. The van der Waals surface area contributed by atoms with Crippen molar-refractivity contribution in [1.82, 2.24) is 4.90 Å². The maximum Gasteiger partial charge on any atom is 0.232 e. The molecule has 1 aromatic carbocycles. The smallest absolute Gasteiger partial charge is 0.232 e. The van der Waals surface area contributed by atoms with Crippen molar-refractivity contribution in [2.24, 2.45) is 5.92 Å². The molecule has 1 unspecified atom stereocenters. The van der Waals surface area contributed by atoms with Crippen molar-refractivity contribution < 1.29 is 13.6 Å². The Morgan fingerprint density at radius 3 is 2.68 bits per heavy atom. The molecule has 19 heavy (non-hydrogen) atoms. The molecule has 0 radical (unpaired) electrons. The summed E-state index contributed by atoms with van der Waals surface area (Å²) in [4.78, 5) is 14.3. The standard InChI is InChI=1S/C14H17F2NOS/c1-9(10-3-4-10)17(2)14(18)8-19-11-5-6-12(15)13(16)7-11/h5-7,9-10H,3-4,8H2,1-2H3. The summed E-state index contributed by atoms with van der Waals surface area (Å²) in [7, 11) is 1.80. The molecule has 2 nitrogen and oxygen atoms in total. The number of halogens is 2. The number of nitrogens with zero attached hydrogens (tertiary/aromatic N) is 1. The summed E-state index contributed by atoms with van der Waals surface area (Å²) in [6.45, 7) is 2.05. The molecule has 0 aromatic heterocycles. The largest absolute Gasteiger partial charge is 0.342 e. The number of amides is 1. The third kappa shape index (κ3) is 3.69. The fourth-order valence-electron chi connectivity index (χ4n) is 1.94. The molecule has 1 aliphatic rings. The van der Waals surface area contributed by atoms with Gasteiger partial charge in [0.15, 0.2) is 11.6 Å². The molecule has 0 heterocycles. The van der Waals surface area contributed by atoms with Crippen molar-refractivity contribution in [3.8, 4) is 0 Å². The Morgan fingerprint density at radius 1 is 1.42 bits per heavy atom. The predicted molar refractivity (Wildman–Crippen MR) is 72.0 cm³/mol. The molecule has 0 spiro atoms. The lowest BCUT2D eigenvalue weighted by Crippen LogP contribution is -2.37. The van der Waals surface area contributed by atoms with E-state index >= 15 is 0 Å². The molecule has 1 aromatic rings. The normalized spacial score (nSPS) is 16.2. The lowest BCUT2D eigenvalue weighted by atomic mass is 10.2. The summed E-state index contributed by atoms with van der Waals surface area (Å²) in [5.41, 5.74) is 0. The van der Waals surface area contributed by atoms with Gasteiger partial charge in [0.2, 0.25) is 5.91 Å². The molecule has 0 saturated heterocycles. The van der Waals surface area contributed by atoms with Crippen LogP contribution in [0.3, 0.4) is 0 Å². The Morgan fingerprint density at radius 2 is 2.11 bits per heavy atom. The summed E-state index contributed by atoms with van der Waals surface area (Å²) in [5, 5.41) is 0. The lowest BCUT2D eigenvalue weighted by Gasteiger charge is -2.24. The van der Waals surface area contributed by atoms with E-state index in [1.165, 1.54) is 30.7 Å². The summed E-state index contributed by atoms with van der Waals surface area (Å²) in [6.07, 6.45) is 2.38. The van der Waals surface area contributed by atoms with Crippen LogP contribution in [-0.2, 0) is 4.79 Å². The predicted octanol–water partition coefficient (Wildman–Crippen LogP) is 3.31. The van der Waals surface area contributed by atoms with Gasteiger partial charge < -0.3 is 4.90 Å². The van der Waals surface area contributed by atoms with E-state index in [2.05, 4.69) is 6.92 Å². The van der Waals surface area contributed by atoms with Gasteiger partial charge in [-0.25, -0.2) is 8.78 Å². The number of thioether (sulfide) groups is 1. The van der Waals surface area contributed by atoms with E-state index in [1.807, 2.05) is 0 Å². The first-order valence-electron chi connectivity index (χ1n) is 6.32. The average Bonchev–Trinajstić information content (AvgIpc) is 3.22. The van der Waals surface area contributed by atoms with Crippen LogP contribution in [0.25, 0.3) is 0 Å². The molecule has 2 rings (SSSR count). The van der Waals surface area contributed by atoms with E-state index in [9.17, 15) is 13.6 Å². The van der Waals surface area contributed by atoms with Crippen molar-refractivity contribution >= 4 is 17.7 Å². The first-order valence-corrected chi connectivity index (χ1v) is 7.31. The molecule has 1 fully saturated rings. The van der Waals surface area contributed by atoms with Crippen LogP contribution in [0.15, 0.2) is 23.1 Å². The zero-order chi connectivity index (χ0) is 14.0. The minimum Gasteiger partial charge on any atom is -0.342 e. The maximum atomic E-state index is 13.0. The second kappa shape index (κ2) is 5.90. The van der Waals surface area contributed by atoms with Gasteiger partial charge in [0, 0.05) is 18.0 Å². The van der Waals surface area contributed by atoms with Crippen molar-refractivity contribution in [1.29, 1.82) is 0 Å². The number of hydrogen-bond donors (Lipinski definition) is 0. The first-order chi connectivity index (χ1) is 8.99. The quantitative estimate of drug-likeness (QED) is 0.774. The molecule has 1 atom stereocenters. The highest BCUT2D eigenvalue weighted by Crippen LogP contribution is 2.35. The minimum absolute atomic E-state index is 0.0223. The van der Waals surface area contributed by atoms with Gasteiger partial charge in [-0.2, -0.15) is 0 Å². The molecule has 0 bridgehead atoms. The van der Waals surface area contributed by atoms with Crippen LogP contribution in [0.1, 0.15) is 19.8 Å². The van der Waals surface area contributed by atoms with Gasteiger partial charge in [-0.1, -0.05) is 0 Å². The second-order valence-electron chi connectivity index (χ2n) is 4.95. The Bertz CT molecular complexity index is 477. The van der Waals surface area contributed by atoms with Crippen LogP contribution < -0.4 is 0 Å². The Balaban J connectivity index is 1.86. The minimum atomic E-state index is -0.878.